The Morgan fingerprint density at radius 3 is 2.44 bits per heavy atom. The van der Waals surface area contributed by atoms with Crippen LogP contribution < -0.4 is 10.6 Å². The van der Waals surface area contributed by atoms with Gasteiger partial charge in [-0.3, -0.25) is 4.57 Å². The number of benzene rings is 1. The minimum absolute atomic E-state index is 0.00781. The minimum Gasteiger partial charge on any atom is -0.393 e. The van der Waals surface area contributed by atoms with Gasteiger partial charge in [-0.1, -0.05) is 6.07 Å². The second-order valence-corrected chi connectivity index (χ2v) is 8.42. The van der Waals surface area contributed by atoms with Crippen LogP contribution in [0.25, 0.3) is 11.2 Å². The van der Waals surface area contributed by atoms with E-state index in [-0.39, 0.29) is 23.9 Å². The molecule has 1 aliphatic heterocycles. The summed E-state index contributed by atoms with van der Waals surface area (Å²) in [6.45, 7) is 1.40. The summed E-state index contributed by atoms with van der Waals surface area (Å²) in [5.41, 5.74) is 0.872. The highest BCUT2D eigenvalue weighted by Crippen LogP contribution is 2.35. The molecule has 2 aromatic heterocycles. The van der Waals surface area contributed by atoms with Crippen LogP contribution in [0.5, 0.6) is 0 Å². The summed E-state index contributed by atoms with van der Waals surface area (Å²) in [4.78, 5) is 13.7. The van der Waals surface area contributed by atoms with Gasteiger partial charge in [0, 0.05) is 25.3 Å². The Labute approximate surface area is 184 Å². The summed E-state index contributed by atoms with van der Waals surface area (Å²) < 4.78 is 35.9. The molecule has 3 aromatic rings. The highest BCUT2D eigenvalue weighted by Gasteiger charge is 2.27. The van der Waals surface area contributed by atoms with E-state index in [1.807, 2.05) is 4.57 Å². The fourth-order valence-electron chi connectivity index (χ4n) is 4.46. The van der Waals surface area contributed by atoms with Gasteiger partial charge in [0.2, 0.25) is 11.9 Å². The van der Waals surface area contributed by atoms with E-state index in [4.69, 9.17) is 9.72 Å². The number of nitrogens with zero attached hydrogens (tertiary/aromatic N) is 4. The maximum Gasteiger partial charge on any atom is 0.224 e. The van der Waals surface area contributed by atoms with Gasteiger partial charge in [0.1, 0.15) is 22.8 Å². The first-order chi connectivity index (χ1) is 15.6. The Balaban J connectivity index is 1.53. The second kappa shape index (κ2) is 8.95. The van der Waals surface area contributed by atoms with E-state index in [9.17, 15) is 13.9 Å². The van der Waals surface area contributed by atoms with Gasteiger partial charge in [-0.2, -0.15) is 4.98 Å². The van der Waals surface area contributed by atoms with Gasteiger partial charge in [0.15, 0.2) is 5.65 Å². The molecule has 0 amide bonds. The summed E-state index contributed by atoms with van der Waals surface area (Å²) in [6, 6.07) is 3.94. The zero-order valence-electron chi connectivity index (χ0n) is 17.6. The lowest BCUT2D eigenvalue weighted by molar-refractivity contribution is 0.0903. The zero-order valence-corrected chi connectivity index (χ0v) is 17.6. The number of para-hydroxylation sites is 1. The van der Waals surface area contributed by atoms with Crippen LogP contribution in [0, 0.1) is 11.6 Å². The van der Waals surface area contributed by atoms with E-state index in [2.05, 4.69) is 20.6 Å². The quantitative estimate of drug-likeness (QED) is 0.549. The number of hydrogen-bond donors (Lipinski definition) is 3. The minimum atomic E-state index is -0.698. The number of fused-ring (bicyclic) bond motifs is 1. The third kappa shape index (κ3) is 4.24. The fourth-order valence-corrected chi connectivity index (χ4v) is 4.46. The molecule has 0 spiro atoms. The summed E-state index contributed by atoms with van der Waals surface area (Å²) in [6.07, 6.45) is 5.78. The molecule has 0 radical (unpaired) electrons. The predicted molar refractivity (Wildman–Crippen MR) is 116 cm³/mol. The van der Waals surface area contributed by atoms with Crippen molar-refractivity contribution >= 4 is 28.7 Å². The number of nitrogens with one attached hydrogen (secondary N) is 2. The van der Waals surface area contributed by atoms with Crippen LogP contribution in [-0.2, 0) is 4.74 Å². The van der Waals surface area contributed by atoms with Gasteiger partial charge in [-0.15, -0.1) is 0 Å². The van der Waals surface area contributed by atoms with E-state index in [0.29, 0.717) is 62.0 Å². The molecule has 0 atom stereocenters. The molecular weight excluding hydrogens is 418 g/mol. The average molecular weight is 444 g/mol. The molecule has 32 heavy (non-hydrogen) atoms. The Kier molecular flexibility index (Phi) is 5.88. The molecule has 1 aliphatic carbocycles. The van der Waals surface area contributed by atoms with Gasteiger partial charge in [0.25, 0.3) is 0 Å². The highest BCUT2D eigenvalue weighted by molar-refractivity contribution is 5.76. The van der Waals surface area contributed by atoms with E-state index in [1.165, 1.54) is 18.2 Å². The smallest absolute Gasteiger partial charge is 0.224 e. The fraction of sp³-hybridized carbons (Fsp3) is 0.500. The maximum absolute atomic E-state index is 14.3. The topological polar surface area (TPSA) is 97.1 Å². The van der Waals surface area contributed by atoms with E-state index < -0.39 is 11.6 Å². The largest absolute Gasteiger partial charge is 0.393 e. The maximum atomic E-state index is 14.3. The second-order valence-electron chi connectivity index (χ2n) is 8.42. The van der Waals surface area contributed by atoms with Crippen LogP contribution in [0.15, 0.2) is 24.4 Å². The average Bonchev–Trinajstić information content (AvgIpc) is 3.15. The molecule has 8 nitrogen and oxygen atoms in total. The lowest BCUT2D eigenvalue weighted by Crippen LogP contribution is -2.28. The summed E-state index contributed by atoms with van der Waals surface area (Å²) in [5.74, 6) is -0.598. The predicted octanol–water partition coefficient (Wildman–Crippen LogP) is 3.92. The lowest BCUT2D eigenvalue weighted by atomic mass is 9.93. The Hall–Kier alpha value is -2.85. The number of imidazole rings is 1. The number of aromatic nitrogens is 4. The molecule has 10 heteroatoms. The van der Waals surface area contributed by atoms with Crippen molar-refractivity contribution in [2.45, 2.75) is 56.7 Å². The van der Waals surface area contributed by atoms with Crippen LogP contribution >= 0.6 is 0 Å². The third-order valence-corrected chi connectivity index (χ3v) is 6.22. The molecule has 0 unspecified atom stereocenters. The van der Waals surface area contributed by atoms with Crippen molar-refractivity contribution in [3.63, 3.8) is 0 Å². The van der Waals surface area contributed by atoms with Gasteiger partial charge in [-0.05, 0) is 50.7 Å². The van der Waals surface area contributed by atoms with Gasteiger partial charge in [0.05, 0.1) is 12.3 Å². The van der Waals surface area contributed by atoms with Gasteiger partial charge in [-0.25, -0.2) is 18.7 Å². The van der Waals surface area contributed by atoms with Gasteiger partial charge < -0.3 is 20.5 Å². The molecule has 5 rings (SSSR count). The van der Waals surface area contributed by atoms with E-state index in [0.717, 1.165) is 12.8 Å². The molecule has 2 aliphatic rings. The Morgan fingerprint density at radius 2 is 1.72 bits per heavy atom. The number of rotatable bonds is 5. The molecule has 1 aromatic carbocycles. The first-order valence-corrected chi connectivity index (χ1v) is 11.1. The van der Waals surface area contributed by atoms with Gasteiger partial charge >= 0.3 is 0 Å². The van der Waals surface area contributed by atoms with Crippen molar-refractivity contribution in [3.8, 4) is 0 Å². The molecule has 1 saturated heterocycles. The van der Waals surface area contributed by atoms with Crippen LogP contribution in [0.4, 0.5) is 26.4 Å². The highest BCUT2D eigenvalue weighted by atomic mass is 19.1. The van der Waals surface area contributed by atoms with Crippen molar-refractivity contribution < 1.29 is 18.6 Å². The summed E-state index contributed by atoms with van der Waals surface area (Å²) >= 11 is 0. The first kappa shape index (κ1) is 21.0. The van der Waals surface area contributed by atoms with Crippen molar-refractivity contribution in [2.24, 2.45) is 0 Å². The monoisotopic (exact) mass is 444 g/mol. The molecular formula is C22H26F2N6O2. The molecule has 2 fully saturated rings. The number of halogens is 2. The molecule has 3 heterocycles. The van der Waals surface area contributed by atoms with Crippen LogP contribution in [0.3, 0.4) is 0 Å². The standard InChI is InChI=1S/C22H26F2N6O2/c23-16-2-1-3-17(24)19(16)28-22-27-18-12-25-21(26-13-8-10-32-11-9-13)29-20(18)30(22)14-4-6-15(31)7-5-14/h1-3,12-15,31H,4-11H2,(H,27,28)(H,25,26,29)/t14-,15+. The van der Waals surface area contributed by atoms with Crippen molar-refractivity contribution in [1.29, 1.82) is 0 Å². The molecule has 1 saturated carbocycles. The van der Waals surface area contributed by atoms with E-state index >= 15 is 0 Å². The molecule has 3 N–H and O–H groups in total. The van der Waals surface area contributed by atoms with E-state index in [1.54, 1.807) is 6.20 Å². The van der Waals surface area contributed by atoms with Crippen molar-refractivity contribution in [3.05, 3.63) is 36.0 Å². The number of aliphatic hydroxyl groups is 1. The number of aliphatic hydroxyl groups excluding tert-OH is 1. The SMILES string of the molecule is O[C@H]1CC[C@@H](n2c(Nc3c(F)cccc3F)nc3cnc(NC4CCOCC4)nc32)CC1. The summed E-state index contributed by atoms with van der Waals surface area (Å²) in [7, 11) is 0. The number of hydrogen-bond acceptors (Lipinski definition) is 7. The lowest BCUT2D eigenvalue weighted by Gasteiger charge is -2.28. The third-order valence-electron chi connectivity index (χ3n) is 6.22. The van der Waals surface area contributed by atoms with Crippen molar-refractivity contribution in [1.82, 2.24) is 19.5 Å². The Morgan fingerprint density at radius 1 is 1.00 bits per heavy atom. The summed E-state index contributed by atoms with van der Waals surface area (Å²) in [5, 5.41) is 16.2. The normalized spacial score (nSPS) is 22.2. The van der Waals surface area contributed by atoms with Crippen LogP contribution in [0.2, 0.25) is 0 Å². The zero-order chi connectivity index (χ0) is 22.1. The van der Waals surface area contributed by atoms with Crippen LogP contribution in [-0.4, -0.2) is 50.0 Å². The van der Waals surface area contributed by atoms with Crippen molar-refractivity contribution in [2.75, 3.05) is 23.8 Å². The number of anilines is 3. The number of ether oxygens (including phenoxy) is 1. The molecule has 0 bridgehead atoms. The molecule has 170 valence electrons. The Bertz CT molecular complexity index is 1070. The van der Waals surface area contributed by atoms with Crippen LogP contribution in [0.1, 0.15) is 44.6 Å². The first-order valence-electron chi connectivity index (χ1n) is 11.1.